The van der Waals surface area contributed by atoms with E-state index in [1.807, 2.05) is 18.2 Å². The molecule has 1 aliphatic rings. The number of nitro benzene ring substituents is 1. The molecule has 1 N–H and O–H groups in total. The molecule has 2 heterocycles. The molecule has 9 nitrogen and oxygen atoms in total. The number of benzene rings is 2. The Balaban J connectivity index is 1.40. The fraction of sp³-hybridized carbons (Fsp3) is 0.273. The van der Waals surface area contributed by atoms with Gasteiger partial charge in [-0.05, 0) is 42.9 Å². The molecule has 3 aromatic rings. The topological polar surface area (TPSA) is 96.5 Å². The molecule has 0 saturated carbocycles. The highest BCUT2D eigenvalue weighted by Crippen LogP contribution is 2.17. The molecule has 0 radical (unpaired) electrons. The Hall–Kier alpha value is -3.56. The number of nitrogens with one attached hydrogen (secondary N) is 1. The molecule has 0 spiro atoms. The van der Waals surface area contributed by atoms with E-state index in [0.717, 1.165) is 44.0 Å². The minimum atomic E-state index is -0.455. The average Bonchev–Trinajstić information content (AvgIpc) is 3.26. The van der Waals surface area contributed by atoms with Crippen molar-refractivity contribution in [2.75, 3.05) is 38.5 Å². The van der Waals surface area contributed by atoms with E-state index >= 15 is 0 Å². The summed E-state index contributed by atoms with van der Waals surface area (Å²) in [5.41, 5.74) is 2.78. The van der Waals surface area contributed by atoms with Crippen molar-refractivity contribution in [1.82, 2.24) is 19.6 Å². The second-order valence-electron chi connectivity index (χ2n) is 7.65. The number of non-ortho nitro benzene ring substituents is 1. The van der Waals surface area contributed by atoms with Gasteiger partial charge in [0, 0.05) is 56.7 Å². The zero-order valence-corrected chi connectivity index (χ0v) is 17.3. The molecule has 160 valence electrons. The Kier molecular flexibility index (Phi) is 6.06. The summed E-state index contributed by atoms with van der Waals surface area (Å²) in [6.45, 7) is 5.05. The first-order valence-electron chi connectivity index (χ1n) is 10.1. The zero-order chi connectivity index (χ0) is 21.8. The molecule has 1 fully saturated rings. The monoisotopic (exact) mass is 420 g/mol. The molecule has 31 heavy (non-hydrogen) atoms. The Morgan fingerprint density at radius 3 is 2.55 bits per heavy atom. The number of amides is 1. The number of nitrogens with zero attached hydrogens (tertiary/aromatic N) is 5. The van der Waals surface area contributed by atoms with Crippen LogP contribution < -0.4 is 5.32 Å². The third kappa shape index (κ3) is 5.14. The Bertz CT molecular complexity index is 1070. The molecule has 2 aromatic carbocycles. The van der Waals surface area contributed by atoms with Gasteiger partial charge >= 0.3 is 0 Å². The Morgan fingerprint density at radius 1 is 1.10 bits per heavy atom. The van der Waals surface area contributed by atoms with Gasteiger partial charge in [-0.25, -0.2) is 4.68 Å². The van der Waals surface area contributed by atoms with Gasteiger partial charge in [0.25, 0.3) is 11.6 Å². The number of anilines is 1. The van der Waals surface area contributed by atoms with Gasteiger partial charge in [-0.3, -0.25) is 19.8 Å². The molecule has 4 rings (SSSR count). The first-order valence-corrected chi connectivity index (χ1v) is 10.1. The van der Waals surface area contributed by atoms with Crippen LogP contribution in [0.5, 0.6) is 0 Å². The lowest BCUT2D eigenvalue weighted by Gasteiger charge is -2.32. The average molecular weight is 420 g/mol. The lowest BCUT2D eigenvalue weighted by molar-refractivity contribution is -0.384. The number of piperazine rings is 1. The smallest absolute Gasteiger partial charge is 0.276 e. The van der Waals surface area contributed by atoms with Gasteiger partial charge in [0.1, 0.15) is 0 Å². The molecule has 0 bridgehead atoms. The maximum atomic E-state index is 12.6. The molecular weight excluding hydrogens is 396 g/mol. The number of carbonyl (C=O) groups excluding carboxylic acids is 1. The summed E-state index contributed by atoms with van der Waals surface area (Å²) in [5, 5.41) is 18.0. The highest BCUT2D eigenvalue weighted by molar-refractivity contribution is 6.02. The molecule has 9 heteroatoms. The number of hydrogen-bond acceptors (Lipinski definition) is 6. The van der Waals surface area contributed by atoms with Crippen LogP contribution in [0.15, 0.2) is 60.8 Å². The van der Waals surface area contributed by atoms with Crippen LogP contribution in [0, 0.1) is 10.1 Å². The second kappa shape index (κ2) is 9.07. The van der Waals surface area contributed by atoms with Crippen molar-refractivity contribution in [1.29, 1.82) is 0 Å². The van der Waals surface area contributed by atoms with E-state index in [0.29, 0.717) is 5.69 Å². The minimum Gasteiger partial charge on any atom is -0.321 e. The molecule has 1 aliphatic heterocycles. The van der Waals surface area contributed by atoms with Gasteiger partial charge in [-0.2, -0.15) is 5.10 Å². The summed E-state index contributed by atoms with van der Waals surface area (Å²) >= 11 is 0. The van der Waals surface area contributed by atoms with E-state index in [4.69, 9.17) is 0 Å². The van der Waals surface area contributed by atoms with Crippen LogP contribution in [-0.4, -0.2) is 63.6 Å². The molecule has 0 unspecified atom stereocenters. The highest BCUT2D eigenvalue weighted by atomic mass is 16.6. The van der Waals surface area contributed by atoms with Crippen molar-refractivity contribution >= 4 is 17.3 Å². The van der Waals surface area contributed by atoms with Crippen LogP contribution in [0.4, 0.5) is 11.4 Å². The SMILES string of the molecule is CN1CCN(Cc2cccc(NC(=O)c3ccn(-c4ccc([N+](=O)[O-])cc4)n3)c2)CC1. The molecule has 1 amide bonds. The molecule has 0 aliphatic carbocycles. The molecular formula is C22H24N6O3. The van der Waals surface area contributed by atoms with E-state index in [2.05, 4.69) is 33.3 Å². The first kappa shape index (κ1) is 20.7. The summed E-state index contributed by atoms with van der Waals surface area (Å²) in [4.78, 5) is 27.7. The van der Waals surface area contributed by atoms with E-state index in [1.165, 1.54) is 16.8 Å². The normalized spacial score (nSPS) is 15.0. The highest BCUT2D eigenvalue weighted by Gasteiger charge is 2.15. The van der Waals surface area contributed by atoms with Crippen LogP contribution in [0.25, 0.3) is 5.69 Å². The van der Waals surface area contributed by atoms with E-state index in [1.54, 1.807) is 24.4 Å². The number of carbonyl (C=O) groups is 1. The second-order valence-corrected chi connectivity index (χ2v) is 7.65. The zero-order valence-electron chi connectivity index (χ0n) is 17.3. The van der Waals surface area contributed by atoms with Crippen molar-refractivity contribution in [2.24, 2.45) is 0 Å². The van der Waals surface area contributed by atoms with Gasteiger partial charge in [-0.1, -0.05) is 12.1 Å². The van der Waals surface area contributed by atoms with Crippen molar-refractivity contribution in [3.8, 4) is 5.69 Å². The summed E-state index contributed by atoms with van der Waals surface area (Å²) in [6.07, 6.45) is 1.65. The summed E-state index contributed by atoms with van der Waals surface area (Å²) in [5.74, 6) is -0.308. The third-order valence-corrected chi connectivity index (χ3v) is 5.33. The summed E-state index contributed by atoms with van der Waals surface area (Å²) < 4.78 is 1.52. The van der Waals surface area contributed by atoms with Crippen LogP contribution in [0.2, 0.25) is 0 Å². The Morgan fingerprint density at radius 2 is 1.84 bits per heavy atom. The van der Waals surface area contributed by atoms with E-state index in [9.17, 15) is 14.9 Å². The van der Waals surface area contributed by atoms with Gasteiger partial charge in [-0.15, -0.1) is 0 Å². The van der Waals surface area contributed by atoms with Gasteiger partial charge in [0.05, 0.1) is 10.6 Å². The lowest BCUT2D eigenvalue weighted by atomic mass is 10.1. The number of likely N-dealkylation sites (N-methyl/N-ethyl adjacent to an activating group) is 1. The fourth-order valence-corrected chi connectivity index (χ4v) is 3.52. The van der Waals surface area contributed by atoms with Crippen molar-refractivity contribution in [2.45, 2.75) is 6.54 Å². The van der Waals surface area contributed by atoms with E-state index in [-0.39, 0.29) is 17.3 Å². The Labute approximate surface area is 180 Å². The van der Waals surface area contributed by atoms with Crippen molar-refractivity contribution in [3.63, 3.8) is 0 Å². The molecule has 0 atom stereocenters. The van der Waals surface area contributed by atoms with E-state index < -0.39 is 4.92 Å². The molecule has 1 saturated heterocycles. The standard InChI is InChI=1S/C22H24N6O3/c1-25-11-13-26(14-12-25)16-17-3-2-4-18(15-17)23-22(29)21-9-10-27(24-21)19-5-7-20(8-6-19)28(30)31/h2-10,15H,11-14,16H2,1H3,(H,23,29). The lowest BCUT2D eigenvalue weighted by Crippen LogP contribution is -2.43. The predicted octanol–water partition coefficient (Wildman–Crippen LogP) is 2.78. The summed E-state index contributed by atoms with van der Waals surface area (Å²) in [7, 11) is 2.14. The number of rotatable bonds is 6. The van der Waals surface area contributed by atoms with Gasteiger partial charge in [0.15, 0.2) is 5.69 Å². The first-order chi connectivity index (χ1) is 15.0. The van der Waals surface area contributed by atoms with Gasteiger partial charge < -0.3 is 10.2 Å². The summed E-state index contributed by atoms with van der Waals surface area (Å²) in [6, 6.07) is 15.5. The fourth-order valence-electron chi connectivity index (χ4n) is 3.52. The van der Waals surface area contributed by atoms with Crippen molar-refractivity contribution < 1.29 is 9.72 Å². The van der Waals surface area contributed by atoms with Gasteiger partial charge in [0.2, 0.25) is 0 Å². The van der Waals surface area contributed by atoms with Crippen LogP contribution in [0.1, 0.15) is 16.1 Å². The van der Waals surface area contributed by atoms with Crippen molar-refractivity contribution in [3.05, 3.63) is 82.2 Å². The number of aromatic nitrogens is 2. The third-order valence-electron chi connectivity index (χ3n) is 5.33. The predicted molar refractivity (Wildman–Crippen MR) is 117 cm³/mol. The molecule has 1 aromatic heterocycles. The van der Waals surface area contributed by atoms with Crippen LogP contribution in [0.3, 0.4) is 0 Å². The largest absolute Gasteiger partial charge is 0.321 e. The minimum absolute atomic E-state index is 0.00493. The number of hydrogen-bond donors (Lipinski definition) is 1. The quantitative estimate of drug-likeness (QED) is 0.487. The maximum absolute atomic E-state index is 12.6. The maximum Gasteiger partial charge on any atom is 0.276 e. The van der Waals surface area contributed by atoms with Crippen LogP contribution >= 0.6 is 0 Å². The number of nitro groups is 1. The van der Waals surface area contributed by atoms with Crippen LogP contribution in [-0.2, 0) is 6.54 Å².